The number of ether oxygens (including phenoxy) is 2. The summed E-state index contributed by atoms with van der Waals surface area (Å²) in [5.74, 6) is 0.121. The maximum absolute atomic E-state index is 11.5. The third-order valence-corrected chi connectivity index (χ3v) is 2.19. The van der Waals surface area contributed by atoms with E-state index in [0.717, 1.165) is 0 Å². The van der Waals surface area contributed by atoms with E-state index < -0.39 is 12.0 Å². The van der Waals surface area contributed by atoms with Crippen LogP contribution in [0.4, 0.5) is 5.69 Å². The van der Waals surface area contributed by atoms with Gasteiger partial charge in [0.25, 0.3) is 0 Å². The van der Waals surface area contributed by atoms with Crippen LogP contribution in [-0.4, -0.2) is 37.4 Å². The average molecular weight is 239 g/mol. The average Bonchev–Trinajstić information content (AvgIpc) is 2.36. The molecular formula is C12H17NO4. The number of esters is 1. The van der Waals surface area contributed by atoms with Crippen LogP contribution in [-0.2, 0) is 9.53 Å². The Labute approximate surface area is 100 Å². The van der Waals surface area contributed by atoms with E-state index in [4.69, 9.17) is 14.6 Å². The van der Waals surface area contributed by atoms with Crippen LogP contribution in [0.1, 0.15) is 6.92 Å². The molecule has 0 fully saturated rings. The molecule has 2 N–H and O–H groups in total. The monoisotopic (exact) mass is 239 g/mol. The van der Waals surface area contributed by atoms with Crippen LogP contribution in [0.3, 0.4) is 0 Å². The Hall–Kier alpha value is -1.75. The van der Waals surface area contributed by atoms with Crippen molar-refractivity contribution in [2.45, 2.75) is 13.0 Å². The summed E-state index contributed by atoms with van der Waals surface area (Å²) in [5.41, 5.74) is 0.641. The molecule has 17 heavy (non-hydrogen) atoms. The Morgan fingerprint density at radius 3 is 2.76 bits per heavy atom. The fourth-order valence-electron chi connectivity index (χ4n) is 1.37. The van der Waals surface area contributed by atoms with Gasteiger partial charge >= 0.3 is 5.97 Å². The number of hydrogen-bond donors (Lipinski definition) is 2. The summed E-state index contributed by atoms with van der Waals surface area (Å²) in [7, 11) is 1.54. The molecule has 1 aromatic rings. The first-order chi connectivity index (χ1) is 8.22. The Bertz CT molecular complexity index is 367. The highest BCUT2D eigenvalue weighted by Crippen LogP contribution is 2.23. The van der Waals surface area contributed by atoms with E-state index in [1.165, 1.54) is 0 Å². The van der Waals surface area contributed by atoms with E-state index in [1.54, 1.807) is 26.2 Å². The zero-order valence-corrected chi connectivity index (χ0v) is 9.97. The SMILES string of the molecule is CCOC(=O)C(CO)Nc1ccccc1OC. The highest BCUT2D eigenvalue weighted by Gasteiger charge is 2.19. The van der Waals surface area contributed by atoms with E-state index in [9.17, 15) is 4.79 Å². The zero-order chi connectivity index (χ0) is 12.7. The molecule has 0 heterocycles. The second kappa shape index (κ2) is 6.75. The molecule has 0 amide bonds. The number of aliphatic hydroxyl groups is 1. The largest absolute Gasteiger partial charge is 0.495 e. The van der Waals surface area contributed by atoms with Crippen molar-refractivity contribution >= 4 is 11.7 Å². The maximum Gasteiger partial charge on any atom is 0.330 e. The van der Waals surface area contributed by atoms with Crippen molar-refractivity contribution in [3.63, 3.8) is 0 Å². The lowest BCUT2D eigenvalue weighted by atomic mass is 10.2. The van der Waals surface area contributed by atoms with Crippen molar-refractivity contribution in [2.24, 2.45) is 0 Å². The van der Waals surface area contributed by atoms with Gasteiger partial charge in [-0.1, -0.05) is 12.1 Å². The van der Waals surface area contributed by atoms with Crippen molar-refractivity contribution in [3.05, 3.63) is 24.3 Å². The van der Waals surface area contributed by atoms with Crippen LogP contribution in [0.2, 0.25) is 0 Å². The molecule has 1 aromatic carbocycles. The Morgan fingerprint density at radius 1 is 1.47 bits per heavy atom. The summed E-state index contributed by atoms with van der Waals surface area (Å²) in [5, 5.41) is 12.0. The van der Waals surface area contributed by atoms with Gasteiger partial charge in [0.15, 0.2) is 0 Å². The zero-order valence-electron chi connectivity index (χ0n) is 9.97. The highest BCUT2D eigenvalue weighted by molar-refractivity contribution is 5.80. The number of carbonyl (C=O) groups is 1. The molecule has 0 radical (unpaired) electrons. The van der Waals surface area contributed by atoms with Crippen molar-refractivity contribution in [2.75, 3.05) is 25.6 Å². The molecule has 0 saturated heterocycles. The third kappa shape index (κ3) is 3.64. The van der Waals surface area contributed by atoms with Gasteiger partial charge in [0.1, 0.15) is 11.8 Å². The third-order valence-electron chi connectivity index (χ3n) is 2.19. The smallest absolute Gasteiger partial charge is 0.330 e. The van der Waals surface area contributed by atoms with Crippen molar-refractivity contribution < 1.29 is 19.4 Å². The first-order valence-electron chi connectivity index (χ1n) is 5.40. The minimum Gasteiger partial charge on any atom is -0.495 e. The molecule has 0 bridgehead atoms. The van der Waals surface area contributed by atoms with Crippen LogP contribution >= 0.6 is 0 Å². The molecule has 5 nitrogen and oxygen atoms in total. The molecular weight excluding hydrogens is 222 g/mol. The number of methoxy groups -OCH3 is 1. The van der Waals surface area contributed by atoms with Crippen LogP contribution < -0.4 is 10.1 Å². The molecule has 1 atom stereocenters. The molecule has 0 aromatic heterocycles. The van der Waals surface area contributed by atoms with E-state index >= 15 is 0 Å². The van der Waals surface area contributed by atoms with Crippen molar-refractivity contribution in [1.29, 1.82) is 0 Å². The van der Waals surface area contributed by atoms with Crippen LogP contribution in [0.15, 0.2) is 24.3 Å². The van der Waals surface area contributed by atoms with Gasteiger partial charge in [0.2, 0.25) is 0 Å². The molecule has 0 saturated carbocycles. The van der Waals surface area contributed by atoms with Gasteiger partial charge in [0.05, 0.1) is 26.0 Å². The number of carbonyl (C=O) groups excluding carboxylic acids is 1. The van der Waals surface area contributed by atoms with E-state index in [-0.39, 0.29) is 13.2 Å². The topological polar surface area (TPSA) is 67.8 Å². The lowest BCUT2D eigenvalue weighted by molar-refractivity contribution is -0.144. The van der Waals surface area contributed by atoms with E-state index in [0.29, 0.717) is 11.4 Å². The van der Waals surface area contributed by atoms with Gasteiger partial charge in [-0.2, -0.15) is 0 Å². The molecule has 0 aliphatic carbocycles. The summed E-state index contributed by atoms with van der Waals surface area (Å²) in [4.78, 5) is 11.5. The Balaban J connectivity index is 2.76. The summed E-state index contributed by atoms with van der Waals surface area (Å²) in [6, 6.07) is 6.38. The first-order valence-corrected chi connectivity index (χ1v) is 5.40. The number of nitrogens with one attached hydrogen (secondary N) is 1. The van der Waals surface area contributed by atoms with Gasteiger partial charge in [-0.3, -0.25) is 0 Å². The standard InChI is InChI=1S/C12H17NO4/c1-3-17-12(15)10(8-14)13-9-6-4-5-7-11(9)16-2/h4-7,10,13-14H,3,8H2,1-2H3. The summed E-state index contributed by atoms with van der Waals surface area (Å²) >= 11 is 0. The van der Waals surface area contributed by atoms with Gasteiger partial charge in [0, 0.05) is 0 Å². The summed E-state index contributed by atoms with van der Waals surface area (Å²) < 4.78 is 9.97. The summed E-state index contributed by atoms with van der Waals surface area (Å²) in [6.07, 6.45) is 0. The molecule has 1 rings (SSSR count). The fraction of sp³-hybridized carbons (Fsp3) is 0.417. The second-order valence-electron chi connectivity index (χ2n) is 3.33. The Kier molecular flexibility index (Phi) is 5.29. The van der Waals surface area contributed by atoms with Crippen LogP contribution in [0, 0.1) is 0 Å². The number of rotatable bonds is 6. The first kappa shape index (κ1) is 13.3. The number of hydrogen-bond acceptors (Lipinski definition) is 5. The van der Waals surface area contributed by atoms with Gasteiger partial charge in [-0.25, -0.2) is 4.79 Å². The highest BCUT2D eigenvalue weighted by atomic mass is 16.5. The van der Waals surface area contributed by atoms with Crippen LogP contribution in [0.25, 0.3) is 0 Å². The van der Waals surface area contributed by atoms with Crippen LogP contribution in [0.5, 0.6) is 5.75 Å². The quantitative estimate of drug-likeness (QED) is 0.726. The minimum absolute atomic E-state index is 0.281. The number of anilines is 1. The van der Waals surface area contributed by atoms with Gasteiger partial charge in [-0.15, -0.1) is 0 Å². The van der Waals surface area contributed by atoms with Crippen molar-refractivity contribution in [3.8, 4) is 5.75 Å². The van der Waals surface area contributed by atoms with E-state index in [2.05, 4.69) is 5.32 Å². The maximum atomic E-state index is 11.5. The number of para-hydroxylation sites is 2. The predicted molar refractivity (Wildman–Crippen MR) is 64.1 cm³/mol. The molecule has 5 heteroatoms. The fourth-order valence-corrected chi connectivity index (χ4v) is 1.37. The minimum atomic E-state index is -0.786. The number of benzene rings is 1. The van der Waals surface area contributed by atoms with E-state index in [1.807, 2.05) is 12.1 Å². The molecule has 0 aliphatic heterocycles. The van der Waals surface area contributed by atoms with Gasteiger partial charge in [-0.05, 0) is 19.1 Å². The molecule has 0 spiro atoms. The molecule has 94 valence electrons. The van der Waals surface area contributed by atoms with Crippen molar-refractivity contribution in [1.82, 2.24) is 0 Å². The number of aliphatic hydroxyl groups excluding tert-OH is 1. The predicted octanol–water partition coefficient (Wildman–Crippen LogP) is 1.03. The second-order valence-corrected chi connectivity index (χ2v) is 3.33. The lowest BCUT2D eigenvalue weighted by Crippen LogP contribution is -2.34. The molecule has 0 aliphatic rings. The normalized spacial score (nSPS) is 11.7. The Morgan fingerprint density at radius 2 is 2.18 bits per heavy atom. The summed E-state index contributed by atoms with van der Waals surface area (Å²) in [6.45, 7) is 1.66. The van der Waals surface area contributed by atoms with Gasteiger partial charge < -0.3 is 19.9 Å². The molecule has 1 unspecified atom stereocenters. The lowest BCUT2D eigenvalue weighted by Gasteiger charge is -2.17.